The molecular formula is C16H16IN7O. The molecule has 1 aliphatic carbocycles. The largest absolute Gasteiger partial charge is 0.369 e. The lowest BCUT2D eigenvalue weighted by atomic mass is 10.1. The second-order valence-electron chi connectivity index (χ2n) is 6.13. The molecule has 9 heteroatoms. The molecule has 0 spiro atoms. The number of rotatable bonds is 4. The van der Waals surface area contributed by atoms with E-state index >= 15 is 0 Å². The molecule has 25 heavy (non-hydrogen) atoms. The summed E-state index contributed by atoms with van der Waals surface area (Å²) in [4.78, 5) is 20.2. The van der Waals surface area contributed by atoms with Gasteiger partial charge in [0.25, 0.3) is 0 Å². The van der Waals surface area contributed by atoms with Gasteiger partial charge in [0, 0.05) is 15.5 Å². The summed E-state index contributed by atoms with van der Waals surface area (Å²) in [6, 6.07) is 8.11. The number of nitrogens with one attached hydrogen (secondary N) is 1. The van der Waals surface area contributed by atoms with Gasteiger partial charge in [-0.1, -0.05) is 5.21 Å². The Morgan fingerprint density at radius 3 is 2.80 bits per heavy atom. The van der Waals surface area contributed by atoms with E-state index in [0.717, 1.165) is 22.1 Å². The first-order valence-electron chi connectivity index (χ1n) is 8.00. The van der Waals surface area contributed by atoms with Crippen LogP contribution in [0.15, 0.2) is 30.5 Å². The molecule has 1 amide bonds. The predicted octanol–water partition coefficient (Wildman–Crippen LogP) is 1.88. The summed E-state index contributed by atoms with van der Waals surface area (Å²) < 4.78 is 2.84. The second kappa shape index (κ2) is 6.54. The lowest BCUT2D eigenvalue weighted by molar-refractivity contribution is -0.121. The first kappa shape index (κ1) is 16.2. The molecule has 3 aromatic rings. The monoisotopic (exact) mass is 449 g/mol. The summed E-state index contributed by atoms with van der Waals surface area (Å²) in [6.45, 7) is 0. The zero-order valence-electron chi connectivity index (χ0n) is 13.3. The summed E-state index contributed by atoms with van der Waals surface area (Å²) in [5.41, 5.74) is 7.55. The van der Waals surface area contributed by atoms with Crippen molar-refractivity contribution in [3.05, 3.63) is 34.0 Å². The van der Waals surface area contributed by atoms with Crippen molar-refractivity contribution in [3.63, 3.8) is 0 Å². The Balaban J connectivity index is 1.60. The van der Waals surface area contributed by atoms with Gasteiger partial charge < -0.3 is 11.1 Å². The summed E-state index contributed by atoms with van der Waals surface area (Å²) in [7, 11) is 0. The van der Waals surface area contributed by atoms with E-state index in [-0.39, 0.29) is 17.9 Å². The van der Waals surface area contributed by atoms with E-state index in [1.54, 1.807) is 10.9 Å². The number of anilines is 1. The van der Waals surface area contributed by atoms with Crippen LogP contribution in [-0.4, -0.2) is 36.9 Å². The number of aromatic nitrogens is 5. The number of carbonyl (C=O) groups excluding carboxylic acids is 1. The highest BCUT2D eigenvalue weighted by atomic mass is 127. The summed E-state index contributed by atoms with van der Waals surface area (Å²) in [5.74, 6) is 0.207. The van der Waals surface area contributed by atoms with Crippen LogP contribution in [0.1, 0.15) is 19.3 Å². The lowest BCUT2D eigenvalue weighted by Gasteiger charge is -2.12. The minimum absolute atomic E-state index is 0.0692. The molecule has 0 unspecified atom stereocenters. The molecule has 2 aromatic heterocycles. The number of amides is 1. The molecule has 1 saturated carbocycles. The van der Waals surface area contributed by atoms with E-state index in [0.29, 0.717) is 23.5 Å². The molecule has 0 saturated heterocycles. The van der Waals surface area contributed by atoms with Crippen molar-refractivity contribution < 1.29 is 4.79 Å². The number of nitrogens with zero attached hydrogens (tertiary/aromatic N) is 5. The Kier molecular flexibility index (Phi) is 4.24. The van der Waals surface area contributed by atoms with Crippen LogP contribution in [-0.2, 0) is 4.79 Å². The molecule has 4 rings (SSSR count). The van der Waals surface area contributed by atoms with E-state index in [1.807, 2.05) is 24.3 Å². The molecular weight excluding hydrogens is 433 g/mol. The number of hydrogen-bond donors (Lipinski definition) is 2. The molecule has 0 radical (unpaired) electrons. The lowest BCUT2D eigenvalue weighted by Crippen LogP contribution is -2.23. The normalized spacial score (nSPS) is 20.0. The van der Waals surface area contributed by atoms with Gasteiger partial charge in [-0.05, 0) is 66.1 Å². The van der Waals surface area contributed by atoms with Crippen LogP contribution < -0.4 is 11.1 Å². The van der Waals surface area contributed by atoms with Crippen LogP contribution in [0.3, 0.4) is 0 Å². The topological polar surface area (TPSA) is 112 Å². The first-order chi connectivity index (χ1) is 12.1. The Bertz CT molecular complexity index is 924. The molecule has 8 nitrogen and oxygen atoms in total. The third-order valence-electron chi connectivity index (χ3n) is 4.43. The highest BCUT2D eigenvalue weighted by Crippen LogP contribution is 2.27. The fourth-order valence-electron chi connectivity index (χ4n) is 3.11. The quantitative estimate of drug-likeness (QED) is 0.589. The van der Waals surface area contributed by atoms with E-state index < -0.39 is 0 Å². The maximum atomic E-state index is 11.3. The van der Waals surface area contributed by atoms with Gasteiger partial charge in [-0.25, -0.2) is 4.98 Å². The summed E-state index contributed by atoms with van der Waals surface area (Å²) >= 11 is 2.26. The van der Waals surface area contributed by atoms with Crippen LogP contribution in [0, 0.1) is 9.49 Å². The average molecular weight is 449 g/mol. The summed E-state index contributed by atoms with van der Waals surface area (Å²) in [6.07, 6.45) is 4.05. The summed E-state index contributed by atoms with van der Waals surface area (Å²) in [5, 5.41) is 11.6. The van der Waals surface area contributed by atoms with Crippen molar-refractivity contribution >= 4 is 45.6 Å². The van der Waals surface area contributed by atoms with Gasteiger partial charge in [0.1, 0.15) is 0 Å². The van der Waals surface area contributed by atoms with E-state index in [9.17, 15) is 4.79 Å². The van der Waals surface area contributed by atoms with Crippen molar-refractivity contribution in [1.29, 1.82) is 0 Å². The van der Waals surface area contributed by atoms with Crippen LogP contribution in [0.25, 0.3) is 16.9 Å². The van der Waals surface area contributed by atoms with Gasteiger partial charge in [-0.2, -0.15) is 9.67 Å². The average Bonchev–Trinajstić information content (AvgIpc) is 3.22. The van der Waals surface area contributed by atoms with Gasteiger partial charge in [0.05, 0.1) is 11.9 Å². The van der Waals surface area contributed by atoms with Crippen LogP contribution in [0.4, 0.5) is 5.95 Å². The van der Waals surface area contributed by atoms with Gasteiger partial charge in [0.15, 0.2) is 11.2 Å². The van der Waals surface area contributed by atoms with E-state index in [4.69, 9.17) is 5.73 Å². The predicted molar refractivity (Wildman–Crippen MR) is 101 cm³/mol. The number of fused-ring (bicyclic) bond motifs is 1. The van der Waals surface area contributed by atoms with Crippen LogP contribution in [0.5, 0.6) is 0 Å². The minimum atomic E-state index is -0.235. The first-order valence-corrected chi connectivity index (χ1v) is 9.08. The third kappa shape index (κ3) is 3.28. The highest BCUT2D eigenvalue weighted by Gasteiger charge is 2.28. The second-order valence-corrected chi connectivity index (χ2v) is 7.38. The Morgan fingerprint density at radius 1 is 1.28 bits per heavy atom. The molecule has 1 aliphatic rings. The van der Waals surface area contributed by atoms with Crippen molar-refractivity contribution in [2.24, 2.45) is 11.7 Å². The molecule has 128 valence electrons. The molecule has 0 bridgehead atoms. The van der Waals surface area contributed by atoms with Crippen molar-refractivity contribution in [3.8, 4) is 5.69 Å². The number of nitrogens with two attached hydrogens (primary N) is 1. The SMILES string of the molecule is NC(=O)[C@@H]1CC[C@@H](Nc2ncc3nnn(-c4ccc(I)cc4)c3n2)C1. The van der Waals surface area contributed by atoms with Crippen LogP contribution in [0.2, 0.25) is 0 Å². The minimum Gasteiger partial charge on any atom is -0.369 e. The number of hydrogen-bond acceptors (Lipinski definition) is 6. The number of halogens is 1. The maximum Gasteiger partial charge on any atom is 0.225 e. The Hall–Kier alpha value is -2.30. The van der Waals surface area contributed by atoms with Crippen LogP contribution >= 0.6 is 22.6 Å². The third-order valence-corrected chi connectivity index (χ3v) is 5.15. The number of carbonyl (C=O) groups is 1. The zero-order valence-corrected chi connectivity index (χ0v) is 15.4. The molecule has 0 aliphatic heterocycles. The fraction of sp³-hybridized carbons (Fsp3) is 0.312. The van der Waals surface area contributed by atoms with Crippen molar-refractivity contribution in [1.82, 2.24) is 25.0 Å². The maximum absolute atomic E-state index is 11.3. The molecule has 3 N–H and O–H groups in total. The van der Waals surface area contributed by atoms with Gasteiger partial charge in [-0.3, -0.25) is 4.79 Å². The Labute approximate surface area is 157 Å². The van der Waals surface area contributed by atoms with Gasteiger partial charge in [0.2, 0.25) is 11.9 Å². The number of benzene rings is 1. The van der Waals surface area contributed by atoms with Gasteiger partial charge >= 0.3 is 0 Å². The molecule has 1 fully saturated rings. The van der Waals surface area contributed by atoms with Crippen molar-refractivity contribution in [2.75, 3.05) is 5.32 Å². The zero-order chi connectivity index (χ0) is 17.4. The standard InChI is InChI=1S/C16H16IN7O/c17-10-2-5-12(6-3-10)24-15-13(22-23-24)8-19-16(21-15)20-11-4-1-9(7-11)14(18)25/h2-3,5-6,8-9,11H,1,4,7H2,(H2,18,25)(H,19,20,21)/t9-,11-/m1/s1. The number of primary amides is 1. The molecule has 2 heterocycles. The smallest absolute Gasteiger partial charge is 0.225 e. The fourth-order valence-corrected chi connectivity index (χ4v) is 3.47. The van der Waals surface area contributed by atoms with E-state index in [1.165, 1.54) is 0 Å². The van der Waals surface area contributed by atoms with Gasteiger partial charge in [-0.15, -0.1) is 5.10 Å². The highest BCUT2D eigenvalue weighted by molar-refractivity contribution is 14.1. The van der Waals surface area contributed by atoms with Crippen molar-refractivity contribution in [2.45, 2.75) is 25.3 Å². The molecule has 1 aromatic carbocycles. The Morgan fingerprint density at radius 2 is 2.08 bits per heavy atom. The molecule has 2 atom stereocenters. The van der Waals surface area contributed by atoms with E-state index in [2.05, 4.69) is 48.2 Å².